The van der Waals surface area contributed by atoms with Crippen LogP contribution in [0.3, 0.4) is 0 Å². The molecule has 0 aromatic heterocycles. The Morgan fingerprint density at radius 2 is 1.77 bits per heavy atom. The van der Waals surface area contributed by atoms with Gasteiger partial charge in [0.05, 0.1) is 16.6 Å². The van der Waals surface area contributed by atoms with Gasteiger partial charge >= 0.3 is 12.2 Å². The van der Waals surface area contributed by atoms with Gasteiger partial charge in [0.25, 0.3) is 0 Å². The second-order valence-corrected chi connectivity index (χ2v) is 8.44. The Morgan fingerprint density at radius 1 is 1.13 bits per heavy atom. The molecule has 2 aliphatic heterocycles. The summed E-state index contributed by atoms with van der Waals surface area (Å²) in [5.74, 6) is 0.0277. The molecule has 2 fully saturated rings. The maximum atomic E-state index is 12.9. The summed E-state index contributed by atoms with van der Waals surface area (Å²) in [5.41, 5.74) is -0.770. The Morgan fingerprint density at radius 3 is 2.35 bits per heavy atom. The lowest BCUT2D eigenvalue weighted by Crippen LogP contribution is -2.61. The Bertz CT molecular complexity index is 812. The molecule has 0 bridgehead atoms. The summed E-state index contributed by atoms with van der Waals surface area (Å²) in [5, 5.41) is 5.36. The molecule has 172 valence electrons. The molecule has 31 heavy (non-hydrogen) atoms. The van der Waals surface area contributed by atoms with Gasteiger partial charge in [-0.1, -0.05) is 11.6 Å². The highest BCUT2D eigenvalue weighted by atomic mass is 35.5. The molecule has 3 rings (SSSR count). The average Bonchev–Trinajstić information content (AvgIpc) is 2.72. The fraction of sp³-hybridized carbons (Fsp3) is 0.600. The first kappa shape index (κ1) is 23.6. The fourth-order valence-corrected chi connectivity index (χ4v) is 4.07. The van der Waals surface area contributed by atoms with Gasteiger partial charge in [-0.2, -0.15) is 13.2 Å². The van der Waals surface area contributed by atoms with E-state index in [0.717, 1.165) is 25.2 Å². The topological polar surface area (TPSA) is 67.9 Å². The number of carbonyl (C=O) groups excluding carboxylic acids is 2. The molecule has 3 amide bonds. The summed E-state index contributed by atoms with van der Waals surface area (Å²) in [4.78, 5) is 30.9. The Labute approximate surface area is 184 Å². The van der Waals surface area contributed by atoms with Crippen LogP contribution in [0.1, 0.15) is 19.4 Å². The predicted octanol–water partition coefficient (Wildman–Crippen LogP) is 2.72. The van der Waals surface area contributed by atoms with Crippen LogP contribution in [0.5, 0.6) is 0 Å². The van der Waals surface area contributed by atoms with Crippen LogP contribution in [-0.2, 0) is 11.0 Å². The van der Waals surface area contributed by atoms with Crippen molar-refractivity contribution in [2.24, 2.45) is 0 Å². The van der Waals surface area contributed by atoms with Gasteiger partial charge in [0.15, 0.2) is 0 Å². The standard InChI is InChI=1S/C20H27ClF3N5O2/c1-13(2)29-6-5-25-17(12-29)18(30)27-7-9-28(10-8-27)19(31)26-14-3-4-15(16(21)11-14)20(22,23)24/h3-4,11,13,17,25H,5-10,12H2,1-2H3,(H,26,31). The molecule has 11 heteroatoms. The number of alkyl halides is 3. The van der Waals surface area contributed by atoms with Gasteiger partial charge in [0.2, 0.25) is 5.91 Å². The van der Waals surface area contributed by atoms with Gasteiger partial charge in [-0.05, 0) is 32.0 Å². The molecule has 0 aliphatic carbocycles. The zero-order chi connectivity index (χ0) is 22.8. The number of halogens is 4. The molecule has 1 aromatic rings. The summed E-state index contributed by atoms with van der Waals surface area (Å²) in [7, 11) is 0. The first-order valence-electron chi connectivity index (χ1n) is 10.2. The van der Waals surface area contributed by atoms with Crippen molar-refractivity contribution in [3.63, 3.8) is 0 Å². The Balaban J connectivity index is 1.52. The minimum Gasteiger partial charge on any atom is -0.338 e. The number of hydrogen-bond acceptors (Lipinski definition) is 4. The van der Waals surface area contributed by atoms with E-state index in [1.807, 2.05) is 0 Å². The molecule has 0 radical (unpaired) electrons. The SMILES string of the molecule is CC(C)N1CCNC(C(=O)N2CCN(C(=O)Nc3ccc(C(F)(F)F)c(Cl)c3)CC2)C1. The van der Waals surface area contributed by atoms with Gasteiger partial charge in [-0.3, -0.25) is 9.69 Å². The summed E-state index contributed by atoms with van der Waals surface area (Å²) in [6, 6.07) is 2.76. The lowest BCUT2D eigenvalue weighted by Gasteiger charge is -2.40. The van der Waals surface area contributed by atoms with Crippen molar-refractivity contribution in [2.45, 2.75) is 32.1 Å². The van der Waals surface area contributed by atoms with Crippen molar-refractivity contribution in [1.29, 1.82) is 0 Å². The van der Waals surface area contributed by atoms with Crippen molar-refractivity contribution < 1.29 is 22.8 Å². The minimum absolute atomic E-state index is 0.0277. The van der Waals surface area contributed by atoms with Gasteiger partial charge in [0, 0.05) is 57.5 Å². The number of piperazine rings is 2. The van der Waals surface area contributed by atoms with Crippen LogP contribution in [0.4, 0.5) is 23.7 Å². The van der Waals surface area contributed by atoms with Crippen LogP contribution in [0.2, 0.25) is 5.02 Å². The first-order valence-corrected chi connectivity index (χ1v) is 10.6. The van der Waals surface area contributed by atoms with Crippen molar-refractivity contribution >= 4 is 29.2 Å². The zero-order valence-corrected chi connectivity index (χ0v) is 18.3. The largest absolute Gasteiger partial charge is 0.417 e. The number of urea groups is 1. The van der Waals surface area contributed by atoms with E-state index in [2.05, 4.69) is 29.4 Å². The average molecular weight is 462 g/mol. The zero-order valence-electron chi connectivity index (χ0n) is 17.5. The summed E-state index contributed by atoms with van der Waals surface area (Å²) in [6.45, 7) is 8.02. The highest BCUT2D eigenvalue weighted by Crippen LogP contribution is 2.35. The molecule has 2 heterocycles. The van der Waals surface area contributed by atoms with E-state index in [1.54, 1.807) is 4.90 Å². The minimum atomic E-state index is -4.55. The number of nitrogens with zero attached hydrogens (tertiary/aromatic N) is 3. The van der Waals surface area contributed by atoms with E-state index in [0.29, 0.717) is 38.8 Å². The summed E-state index contributed by atoms with van der Waals surface area (Å²) < 4.78 is 38.4. The van der Waals surface area contributed by atoms with Gasteiger partial charge in [-0.25, -0.2) is 4.79 Å². The third-order valence-electron chi connectivity index (χ3n) is 5.64. The second-order valence-electron chi connectivity index (χ2n) is 8.03. The normalized spacial score (nSPS) is 20.8. The molecule has 1 atom stereocenters. The highest BCUT2D eigenvalue weighted by Gasteiger charge is 2.34. The molecule has 7 nitrogen and oxygen atoms in total. The van der Waals surface area contributed by atoms with Crippen LogP contribution in [0, 0.1) is 0 Å². The fourth-order valence-electron chi connectivity index (χ4n) is 3.78. The number of nitrogens with one attached hydrogen (secondary N) is 2. The maximum Gasteiger partial charge on any atom is 0.417 e. The van der Waals surface area contributed by atoms with Crippen LogP contribution in [0.15, 0.2) is 18.2 Å². The molecule has 1 aromatic carbocycles. The van der Waals surface area contributed by atoms with Gasteiger partial charge in [0.1, 0.15) is 0 Å². The summed E-state index contributed by atoms with van der Waals surface area (Å²) >= 11 is 5.70. The van der Waals surface area contributed by atoms with Crippen molar-refractivity contribution in [3.05, 3.63) is 28.8 Å². The maximum absolute atomic E-state index is 12.9. The molecule has 2 N–H and O–H groups in total. The number of rotatable bonds is 3. The quantitative estimate of drug-likeness (QED) is 0.726. The monoisotopic (exact) mass is 461 g/mol. The van der Waals surface area contributed by atoms with E-state index < -0.39 is 22.8 Å². The molecule has 2 saturated heterocycles. The molecule has 2 aliphatic rings. The molecule has 1 unspecified atom stereocenters. The third-order valence-corrected chi connectivity index (χ3v) is 5.95. The van der Waals surface area contributed by atoms with E-state index >= 15 is 0 Å². The number of benzene rings is 1. The molecule has 0 saturated carbocycles. The lowest BCUT2D eigenvalue weighted by molar-refractivity contribution is -0.137. The van der Waals surface area contributed by atoms with E-state index in [-0.39, 0.29) is 17.6 Å². The molecular weight excluding hydrogens is 435 g/mol. The smallest absolute Gasteiger partial charge is 0.338 e. The predicted molar refractivity (Wildman–Crippen MR) is 112 cm³/mol. The van der Waals surface area contributed by atoms with Crippen molar-refractivity contribution in [3.8, 4) is 0 Å². The van der Waals surface area contributed by atoms with E-state index in [4.69, 9.17) is 11.6 Å². The van der Waals surface area contributed by atoms with Gasteiger partial charge < -0.3 is 20.4 Å². The van der Waals surface area contributed by atoms with Gasteiger partial charge in [-0.15, -0.1) is 0 Å². The molecule has 0 spiro atoms. The van der Waals surface area contributed by atoms with Crippen LogP contribution >= 0.6 is 11.6 Å². The van der Waals surface area contributed by atoms with E-state index in [1.165, 1.54) is 11.0 Å². The highest BCUT2D eigenvalue weighted by molar-refractivity contribution is 6.31. The number of amides is 3. The first-order chi connectivity index (χ1) is 14.6. The van der Waals surface area contributed by atoms with Crippen molar-refractivity contribution in [1.82, 2.24) is 20.0 Å². The lowest BCUT2D eigenvalue weighted by atomic mass is 10.1. The molecular formula is C20H27ClF3N5O2. The Hall–Kier alpha value is -2.04. The van der Waals surface area contributed by atoms with E-state index in [9.17, 15) is 22.8 Å². The van der Waals surface area contributed by atoms with Crippen LogP contribution in [0.25, 0.3) is 0 Å². The van der Waals surface area contributed by atoms with Crippen LogP contribution < -0.4 is 10.6 Å². The van der Waals surface area contributed by atoms with Crippen molar-refractivity contribution in [2.75, 3.05) is 51.1 Å². The number of carbonyl (C=O) groups is 2. The second kappa shape index (κ2) is 9.62. The third kappa shape index (κ3) is 5.81. The number of hydrogen-bond donors (Lipinski definition) is 2. The summed E-state index contributed by atoms with van der Waals surface area (Å²) in [6.07, 6.45) is -4.55. The Kier molecular flexibility index (Phi) is 7.33. The van der Waals surface area contributed by atoms with Crippen LogP contribution in [-0.4, -0.2) is 84.5 Å². The number of anilines is 1.